The van der Waals surface area contributed by atoms with Crippen LogP contribution in [0.1, 0.15) is 35.3 Å². The second-order valence-electron chi connectivity index (χ2n) is 6.36. The first kappa shape index (κ1) is 19.9. The van der Waals surface area contributed by atoms with Gasteiger partial charge in [0, 0.05) is 24.2 Å². The predicted molar refractivity (Wildman–Crippen MR) is 106 cm³/mol. The molecule has 1 aliphatic heterocycles. The van der Waals surface area contributed by atoms with Crippen molar-refractivity contribution in [3.63, 3.8) is 0 Å². The Hall–Kier alpha value is -1.90. The molecule has 0 saturated carbocycles. The highest BCUT2D eigenvalue weighted by Gasteiger charge is 2.23. The van der Waals surface area contributed by atoms with Crippen LogP contribution in [0, 0.1) is 0 Å². The quantitative estimate of drug-likeness (QED) is 0.748. The summed E-state index contributed by atoms with van der Waals surface area (Å²) in [4.78, 5) is 19.7. The molecule has 3 rings (SSSR count). The summed E-state index contributed by atoms with van der Waals surface area (Å²) in [5, 5.41) is 0. The summed E-state index contributed by atoms with van der Waals surface area (Å²) in [6.07, 6.45) is 6.61. The van der Waals surface area contributed by atoms with Gasteiger partial charge in [-0.1, -0.05) is 6.07 Å². The molecular formula is C19H23N3O3S2. The first-order valence-corrected chi connectivity index (χ1v) is 11.6. The zero-order valence-electron chi connectivity index (χ0n) is 15.2. The van der Waals surface area contributed by atoms with Crippen LogP contribution in [0.2, 0.25) is 0 Å². The van der Waals surface area contributed by atoms with Gasteiger partial charge in [-0.3, -0.25) is 9.78 Å². The summed E-state index contributed by atoms with van der Waals surface area (Å²) < 4.78 is 27.9. The Morgan fingerprint density at radius 3 is 2.63 bits per heavy atom. The van der Waals surface area contributed by atoms with Gasteiger partial charge in [0.15, 0.2) is 0 Å². The lowest BCUT2D eigenvalue weighted by molar-refractivity contribution is 0.0720. The van der Waals surface area contributed by atoms with Crippen LogP contribution in [0.25, 0.3) is 0 Å². The number of piperidine rings is 1. The fraction of sp³-hybridized carbons (Fsp3) is 0.368. The molecular weight excluding hydrogens is 382 g/mol. The van der Waals surface area contributed by atoms with Crippen LogP contribution in [0.3, 0.4) is 0 Å². The molecule has 0 bridgehead atoms. The molecule has 0 aliphatic carbocycles. The van der Waals surface area contributed by atoms with Gasteiger partial charge in [-0.15, -0.1) is 11.8 Å². The van der Waals surface area contributed by atoms with E-state index in [1.54, 1.807) is 36.5 Å². The number of hydrogen-bond donors (Lipinski definition) is 1. The predicted octanol–water partition coefficient (Wildman–Crippen LogP) is 2.91. The number of carbonyl (C=O) groups is 1. The molecule has 0 unspecified atom stereocenters. The number of nitrogens with zero attached hydrogens (tertiary/aromatic N) is 2. The van der Waals surface area contributed by atoms with E-state index in [1.807, 2.05) is 11.2 Å². The minimum Gasteiger partial charge on any atom is -0.339 e. The van der Waals surface area contributed by atoms with Crippen LogP contribution >= 0.6 is 11.8 Å². The molecule has 1 amide bonds. The van der Waals surface area contributed by atoms with E-state index < -0.39 is 10.0 Å². The number of hydrogen-bond acceptors (Lipinski definition) is 5. The number of carbonyl (C=O) groups excluding carboxylic acids is 1. The van der Waals surface area contributed by atoms with Crippen molar-refractivity contribution in [2.75, 3.05) is 19.3 Å². The average Bonchev–Trinajstić information content (AvgIpc) is 2.72. The van der Waals surface area contributed by atoms with Gasteiger partial charge in [0.1, 0.15) is 0 Å². The normalized spacial score (nSPS) is 14.9. The molecule has 1 saturated heterocycles. The number of rotatable bonds is 6. The standard InChI is InChI=1S/C19H23N3O3S2/c1-26-18-9-8-16(13-17(18)19(23)22-11-5-2-6-12-22)27(24,25)21-14-15-7-3-4-10-20-15/h3-4,7-10,13,21H,2,5-6,11-12,14H2,1H3. The summed E-state index contributed by atoms with van der Waals surface area (Å²) in [7, 11) is -3.74. The maximum absolute atomic E-state index is 12.9. The van der Waals surface area contributed by atoms with Crippen molar-refractivity contribution in [1.29, 1.82) is 0 Å². The second-order valence-corrected chi connectivity index (χ2v) is 8.98. The summed E-state index contributed by atoms with van der Waals surface area (Å²) in [5.74, 6) is -0.0965. The fourth-order valence-electron chi connectivity index (χ4n) is 3.04. The molecule has 6 nitrogen and oxygen atoms in total. The van der Waals surface area contributed by atoms with E-state index in [-0.39, 0.29) is 17.3 Å². The zero-order chi connectivity index (χ0) is 19.3. The van der Waals surface area contributed by atoms with Gasteiger partial charge in [0.2, 0.25) is 10.0 Å². The van der Waals surface area contributed by atoms with Crippen molar-refractivity contribution in [2.24, 2.45) is 0 Å². The van der Waals surface area contributed by atoms with E-state index in [0.717, 1.165) is 37.2 Å². The van der Waals surface area contributed by atoms with E-state index >= 15 is 0 Å². The number of aromatic nitrogens is 1. The molecule has 1 N–H and O–H groups in total. The minimum atomic E-state index is -3.74. The number of benzene rings is 1. The number of amides is 1. The zero-order valence-corrected chi connectivity index (χ0v) is 16.9. The Morgan fingerprint density at radius 2 is 1.96 bits per heavy atom. The Morgan fingerprint density at radius 1 is 1.19 bits per heavy atom. The van der Waals surface area contributed by atoms with Gasteiger partial charge in [0.25, 0.3) is 5.91 Å². The lowest BCUT2D eigenvalue weighted by Gasteiger charge is -2.27. The van der Waals surface area contributed by atoms with E-state index in [4.69, 9.17) is 0 Å². The van der Waals surface area contributed by atoms with E-state index in [1.165, 1.54) is 17.8 Å². The average molecular weight is 406 g/mol. The lowest BCUT2D eigenvalue weighted by Crippen LogP contribution is -2.36. The van der Waals surface area contributed by atoms with Crippen LogP contribution in [-0.2, 0) is 16.6 Å². The fourth-order valence-corrected chi connectivity index (χ4v) is 4.64. The molecule has 2 aromatic rings. The van der Waals surface area contributed by atoms with Gasteiger partial charge in [0.05, 0.1) is 22.7 Å². The lowest BCUT2D eigenvalue weighted by atomic mass is 10.1. The van der Waals surface area contributed by atoms with Gasteiger partial charge < -0.3 is 4.90 Å². The van der Waals surface area contributed by atoms with E-state index in [9.17, 15) is 13.2 Å². The van der Waals surface area contributed by atoms with Crippen LogP contribution in [0.5, 0.6) is 0 Å². The van der Waals surface area contributed by atoms with Crippen molar-refractivity contribution >= 4 is 27.7 Å². The van der Waals surface area contributed by atoms with Crippen molar-refractivity contribution in [2.45, 2.75) is 35.6 Å². The molecule has 0 radical (unpaired) electrons. The monoisotopic (exact) mass is 405 g/mol. The van der Waals surface area contributed by atoms with Gasteiger partial charge in [-0.05, 0) is 55.9 Å². The molecule has 144 valence electrons. The van der Waals surface area contributed by atoms with Crippen LogP contribution in [0.4, 0.5) is 0 Å². The highest BCUT2D eigenvalue weighted by Crippen LogP contribution is 2.26. The Kier molecular flexibility index (Phi) is 6.51. The Balaban J connectivity index is 1.84. The third-order valence-electron chi connectivity index (χ3n) is 4.52. The third-order valence-corrected chi connectivity index (χ3v) is 6.72. The SMILES string of the molecule is CSc1ccc(S(=O)(=O)NCc2ccccn2)cc1C(=O)N1CCCCC1. The molecule has 8 heteroatoms. The molecule has 2 heterocycles. The molecule has 0 atom stereocenters. The minimum absolute atomic E-state index is 0.0941. The number of likely N-dealkylation sites (tertiary alicyclic amines) is 1. The summed E-state index contributed by atoms with van der Waals surface area (Å²) in [6.45, 7) is 1.55. The highest BCUT2D eigenvalue weighted by atomic mass is 32.2. The summed E-state index contributed by atoms with van der Waals surface area (Å²) >= 11 is 1.44. The molecule has 1 aliphatic rings. The number of thioether (sulfide) groups is 1. The smallest absolute Gasteiger partial charge is 0.255 e. The maximum atomic E-state index is 12.9. The van der Waals surface area contributed by atoms with Crippen molar-refractivity contribution in [3.8, 4) is 0 Å². The third kappa shape index (κ3) is 4.88. The number of pyridine rings is 1. The molecule has 27 heavy (non-hydrogen) atoms. The van der Waals surface area contributed by atoms with Gasteiger partial charge in [-0.25, -0.2) is 13.1 Å². The van der Waals surface area contributed by atoms with Gasteiger partial charge in [-0.2, -0.15) is 0 Å². The molecule has 1 aromatic carbocycles. The van der Waals surface area contributed by atoms with Crippen LogP contribution in [-0.4, -0.2) is 43.6 Å². The highest BCUT2D eigenvalue weighted by molar-refractivity contribution is 7.98. The summed E-state index contributed by atoms with van der Waals surface area (Å²) in [6, 6.07) is 10.1. The summed E-state index contributed by atoms with van der Waals surface area (Å²) in [5.41, 5.74) is 1.08. The van der Waals surface area contributed by atoms with Crippen molar-refractivity contribution in [1.82, 2.24) is 14.6 Å². The van der Waals surface area contributed by atoms with Gasteiger partial charge >= 0.3 is 0 Å². The number of sulfonamides is 1. The van der Waals surface area contributed by atoms with Crippen LogP contribution < -0.4 is 4.72 Å². The van der Waals surface area contributed by atoms with E-state index in [0.29, 0.717) is 11.3 Å². The number of nitrogens with one attached hydrogen (secondary N) is 1. The van der Waals surface area contributed by atoms with Crippen molar-refractivity contribution < 1.29 is 13.2 Å². The molecule has 1 fully saturated rings. The second kappa shape index (κ2) is 8.86. The molecule has 0 spiro atoms. The van der Waals surface area contributed by atoms with Crippen molar-refractivity contribution in [3.05, 3.63) is 53.9 Å². The molecule has 1 aromatic heterocycles. The topological polar surface area (TPSA) is 79.4 Å². The Labute approximate surface area is 164 Å². The van der Waals surface area contributed by atoms with Crippen LogP contribution in [0.15, 0.2) is 52.4 Å². The van der Waals surface area contributed by atoms with E-state index in [2.05, 4.69) is 9.71 Å². The Bertz CT molecular complexity index is 896. The first-order chi connectivity index (χ1) is 13.0. The first-order valence-electron chi connectivity index (χ1n) is 8.88. The maximum Gasteiger partial charge on any atom is 0.255 e. The largest absolute Gasteiger partial charge is 0.339 e.